The first-order valence-electron chi connectivity index (χ1n) is 9.40. The summed E-state index contributed by atoms with van der Waals surface area (Å²) in [5, 5.41) is 2.49. The van der Waals surface area contributed by atoms with Crippen LogP contribution >= 0.6 is 11.3 Å². The zero-order valence-corrected chi connectivity index (χ0v) is 17.1. The van der Waals surface area contributed by atoms with E-state index in [1.165, 1.54) is 24.5 Å². The monoisotopic (exact) mass is 425 g/mol. The standard InChI is InChI=1S/C21H20FN5O2S/c1-25-20(29)12-4-6-13(14(22)9-12)18-16(3-2-8-23)27-15-7-5-11(19(24)28)10-17(15)30-21(27)26-18/h4-7,9-10H,2-3,8,23H2,1H3,(H2,24,28)(H,25,29). The molecular weight excluding hydrogens is 405 g/mol. The summed E-state index contributed by atoms with van der Waals surface area (Å²) in [6.07, 6.45) is 1.31. The number of aryl methyl sites for hydroxylation is 1. The summed E-state index contributed by atoms with van der Waals surface area (Å²) < 4.78 is 17.8. The van der Waals surface area contributed by atoms with Crippen LogP contribution in [0.1, 0.15) is 32.8 Å². The molecule has 0 spiro atoms. The highest BCUT2D eigenvalue weighted by Crippen LogP contribution is 2.35. The smallest absolute Gasteiger partial charge is 0.251 e. The van der Waals surface area contributed by atoms with Gasteiger partial charge in [0.15, 0.2) is 4.96 Å². The Labute approximate surface area is 175 Å². The molecule has 2 aromatic carbocycles. The largest absolute Gasteiger partial charge is 0.366 e. The van der Waals surface area contributed by atoms with Gasteiger partial charge in [-0.3, -0.25) is 14.0 Å². The highest BCUT2D eigenvalue weighted by Gasteiger charge is 2.21. The van der Waals surface area contributed by atoms with Crippen LogP contribution in [0.5, 0.6) is 0 Å². The van der Waals surface area contributed by atoms with Crippen LogP contribution in [0.15, 0.2) is 36.4 Å². The van der Waals surface area contributed by atoms with Gasteiger partial charge < -0.3 is 16.8 Å². The average Bonchev–Trinajstić information content (AvgIpc) is 3.26. The molecule has 4 rings (SSSR count). The molecule has 0 saturated heterocycles. The summed E-state index contributed by atoms with van der Waals surface area (Å²) in [6.45, 7) is 0.485. The number of halogens is 1. The van der Waals surface area contributed by atoms with Crippen LogP contribution < -0.4 is 16.8 Å². The third-order valence-corrected chi connectivity index (χ3v) is 5.96. The van der Waals surface area contributed by atoms with Crippen molar-refractivity contribution in [2.24, 2.45) is 11.5 Å². The van der Waals surface area contributed by atoms with Gasteiger partial charge in [-0.1, -0.05) is 11.3 Å². The Hall–Kier alpha value is -3.30. The number of rotatable bonds is 6. The van der Waals surface area contributed by atoms with Crippen molar-refractivity contribution in [3.63, 3.8) is 0 Å². The summed E-state index contributed by atoms with van der Waals surface area (Å²) in [5.41, 5.74) is 14.3. The summed E-state index contributed by atoms with van der Waals surface area (Å²) in [6, 6.07) is 9.59. The minimum absolute atomic E-state index is 0.243. The SMILES string of the molecule is CNC(=O)c1ccc(-c2nc3sc4cc(C(N)=O)ccc4n3c2CCCN)c(F)c1. The number of benzene rings is 2. The number of hydrogen-bond donors (Lipinski definition) is 3. The Kier molecular flexibility index (Phi) is 5.23. The number of carbonyl (C=O) groups is 2. The number of amides is 2. The highest BCUT2D eigenvalue weighted by molar-refractivity contribution is 7.23. The van der Waals surface area contributed by atoms with E-state index in [0.717, 1.165) is 15.9 Å². The zero-order valence-electron chi connectivity index (χ0n) is 16.2. The van der Waals surface area contributed by atoms with E-state index in [9.17, 15) is 14.0 Å². The number of aromatic nitrogens is 2. The van der Waals surface area contributed by atoms with Crippen LogP contribution in [0.2, 0.25) is 0 Å². The van der Waals surface area contributed by atoms with E-state index < -0.39 is 11.7 Å². The Morgan fingerprint density at radius 1 is 1.20 bits per heavy atom. The third kappa shape index (κ3) is 3.31. The van der Waals surface area contributed by atoms with Crippen molar-refractivity contribution >= 4 is 38.3 Å². The van der Waals surface area contributed by atoms with E-state index in [1.807, 2.05) is 10.5 Å². The van der Waals surface area contributed by atoms with Crippen LogP contribution in [0, 0.1) is 5.82 Å². The second-order valence-corrected chi connectivity index (χ2v) is 7.85. The van der Waals surface area contributed by atoms with E-state index in [2.05, 4.69) is 10.3 Å². The third-order valence-electron chi connectivity index (χ3n) is 4.96. The van der Waals surface area contributed by atoms with E-state index in [0.29, 0.717) is 41.2 Å². The van der Waals surface area contributed by atoms with Crippen LogP contribution in [-0.2, 0) is 6.42 Å². The number of thiazole rings is 1. The first kappa shape index (κ1) is 20.0. The number of nitrogens with zero attached hydrogens (tertiary/aromatic N) is 2. The predicted molar refractivity (Wildman–Crippen MR) is 115 cm³/mol. The molecule has 0 radical (unpaired) electrons. The predicted octanol–water partition coefficient (Wildman–Crippen LogP) is 2.70. The molecule has 5 N–H and O–H groups in total. The number of hydrogen-bond acceptors (Lipinski definition) is 5. The van der Waals surface area contributed by atoms with Gasteiger partial charge in [0, 0.05) is 23.7 Å². The Morgan fingerprint density at radius 2 is 1.97 bits per heavy atom. The lowest BCUT2D eigenvalue weighted by atomic mass is 10.0. The lowest BCUT2D eigenvalue weighted by molar-refractivity contribution is 0.0961. The number of imidazole rings is 1. The molecular formula is C21H20FN5O2S. The molecule has 0 saturated carbocycles. The quantitative estimate of drug-likeness (QED) is 0.440. The molecule has 0 aliphatic heterocycles. The molecule has 0 unspecified atom stereocenters. The fourth-order valence-corrected chi connectivity index (χ4v) is 4.57. The van der Waals surface area contributed by atoms with Crippen molar-refractivity contribution in [2.45, 2.75) is 12.8 Å². The van der Waals surface area contributed by atoms with Gasteiger partial charge in [-0.2, -0.15) is 0 Å². The average molecular weight is 425 g/mol. The zero-order chi connectivity index (χ0) is 21.4. The van der Waals surface area contributed by atoms with Gasteiger partial charge in [0.1, 0.15) is 5.82 Å². The van der Waals surface area contributed by atoms with Crippen LogP contribution in [0.4, 0.5) is 4.39 Å². The first-order chi connectivity index (χ1) is 14.4. The molecule has 30 heavy (non-hydrogen) atoms. The molecule has 2 aromatic heterocycles. The van der Waals surface area contributed by atoms with Gasteiger partial charge >= 0.3 is 0 Å². The molecule has 0 aliphatic carbocycles. The summed E-state index contributed by atoms with van der Waals surface area (Å²) in [7, 11) is 1.50. The number of fused-ring (bicyclic) bond motifs is 3. The molecule has 0 atom stereocenters. The van der Waals surface area contributed by atoms with Crippen molar-refractivity contribution in [3.05, 3.63) is 59.0 Å². The Morgan fingerprint density at radius 3 is 2.63 bits per heavy atom. The second-order valence-electron chi connectivity index (χ2n) is 6.84. The van der Waals surface area contributed by atoms with Gasteiger partial charge in [-0.15, -0.1) is 0 Å². The maximum Gasteiger partial charge on any atom is 0.251 e. The number of nitrogens with two attached hydrogens (primary N) is 2. The first-order valence-corrected chi connectivity index (χ1v) is 10.2. The van der Waals surface area contributed by atoms with Gasteiger partial charge in [0.25, 0.3) is 5.91 Å². The van der Waals surface area contributed by atoms with Crippen LogP contribution in [0.3, 0.4) is 0 Å². The van der Waals surface area contributed by atoms with Crippen LogP contribution in [0.25, 0.3) is 26.4 Å². The van der Waals surface area contributed by atoms with Gasteiger partial charge in [-0.25, -0.2) is 9.37 Å². The lowest BCUT2D eigenvalue weighted by Crippen LogP contribution is -2.17. The van der Waals surface area contributed by atoms with Gasteiger partial charge in [0.05, 0.1) is 21.6 Å². The maximum atomic E-state index is 14.9. The molecule has 4 aromatic rings. The maximum absolute atomic E-state index is 14.9. The van der Waals surface area contributed by atoms with E-state index in [4.69, 9.17) is 11.5 Å². The van der Waals surface area contributed by atoms with E-state index in [-0.39, 0.29) is 11.5 Å². The number of primary amides is 1. The molecule has 0 bridgehead atoms. The lowest BCUT2D eigenvalue weighted by Gasteiger charge is -2.08. The highest BCUT2D eigenvalue weighted by atomic mass is 32.1. The fourth-order valence-electron chi connectivity index (χ4n) is 3.49. The minimum atomic E-state index is -0.517. The van der Waals surface area contributed by atoms with Crippen LogP contribution in [-0.4, -0.2) is 34.8 Å². The summed E-state index contributed by atoms with van der Waals surface area (Å²) in [5.74, 6) is -1.37. The molecule has 0 aliphatic rings. The molecule has 2 heterocycles. The summed E-state index contributed by atoms with van der Waals surface area (Å²) in [4.78, 5) is 28.7. The molecule has 7 nitrogen and oxygen atoms in total. The van der Waals surface area contributed by atoms with Gasteiger partial charge in [0.2, 0.25) is 5.91 Å². The van der Waals surface area contributed by atoms with Crippen molar-refractivity contribution in [2.75, 3.05) is 13.6 Å². The van der Waals surface area contributed by atoms with Crippen molar-refractivity contribution in [3.8, 4) is 11.3 Å². The van der Waals surface area contributed by atoms with Crippen molar-refractivity contribution < 1.29 is 14.0 Å². The minimum Gasteiger partial charge on any atom is -0.366 e. The van der Waals surface area contributed by atoms with Gasteiger partial charge in [-0.05, 0) is 55.8 Å². The molecule has 2 amide bonds. The number of carbonyl (C=O) groups excluding carboxylic acids is 2. The van der Waals surface area contributed by atoms with E-state index in [1.54, 1.807) is 24.3 Å². The normalized spacial score (nSPS) is 11.3. The molecule has 9 heteroatoms. The Bertz CT molecular complexity index is 1290. The number of nitrogens with one attached hydrogen (secondary N) is 1. The van der Waals surface area contributed by atoms with Crippen molar-refractivity contribution in [1.29, 1.82) is 0 Å². The van der Waals surface area contributed by atoms with E-state index >= 15 is 0 Å². The Balaban J connectivity index is 1.91. The van der Waals surface area contributed by atoms with Crippen molar-refractivity contribution in [1.82, 2.24) is 14.7 Å². The topological polar surface area (TPSA) is 116 Å². The second kappa shape index (κ2) is 7.85. The molecule has 0 fully saturated rings. The summed E-state index contributed by atoms with van der Waals surface area (Å²) >= 11 is 1.40. The fraction of sp³-hybridized carbons (Fsp3) is 0.190. The molecule has 154 valence electrons.